The average molecular weight is 243 g/mol. The Morgan fingerprint density at radius 1 is 1.33 bits per heavy atom. The van der Waals surface area contributed by atoms with Crippen LogP contribution in [0.3, 0.4) is 0 Å². The number of benzene rings is 1. The molecular weight excluding hydrogens is 235 g/mol. The maximum atomic E-state index is 9.39. The van der Waals surface area contributed by atoms with Gasteiger partial charge >= 0.3 is 0 Å². The summed E-state index contributed by atoms with van der Waals surface area (Å²) in [5.41, 5.74) is 1.31. The normalized spacial score (nSPS) is 10.6. The van der Waals surface area contributed by atoms with Gasteiger partial charge in [-0.05, 0) is 6.07 Å². The quantitative estimate of drug-likeness (QED) is 0.835. The van der Waals surface area contributed by atoms with Gasteiger partial charge in [0, 0.05) is 18.7 Å². The van der Waals surface area contributed by atoms with Crippen LogP contribution in [0.5, 0.6) is 5.88 Å². The molecule has 0 amide bonds. The number of hydrogen-bond donors (Lipinski definition) is 1. The highest BCUT2D eigenvalue weighted by molar-refractivity contribution is 6.43. The Balaban J connectivity index is 2.59. The van der Waals surface area contributed by atoms with Crippen molar-refractivity contribution in [2.75, 3.05) is 0 Å². The summed E-state index contributed by atoms with van der Waals surface area (Å²) >= 11 is 11.9. The average Bonchev–Trinajstić information content (AvgIpc) is 2.51. The van der Waals surface area contributed by atoms with Gasteiger partial charge in [-0.15, -0.1) is 0 Å². The molecule has 78 valence electrons. The Hall–Kier alpha value is -1.19. The number of aromatic hydroxyl groups is 1. The zero-order chi connectivity index (χ0) is 11.0. The van der Waals surface area contributed by atoms with Gasteiger partial charge in [-0.2, -0.15) is 5.10 Å². The van der Waals surface area contributed by atoms with Crippen LogP contribution in [0.15, 0.2) is 24.3 Å². The minimum Gasteiger partial charge on any atom is -0.493 e. The molecule has 0 atom stereocenters. The lowest BCUT2D eigenvalue weighted by Crippen LogP contribution is -1.89. The van der Waals surface area contributed by atoms with Gasteiger partial charge in [0.15, 0.2) is 0 Å². The molecule has 1 N–H and O–H groups in total. The smallest absolute Gasteiger partial charge is 0.209 e. The van der Waals surface area contributed by atoms with Crippen LogP contribution in [0.2, 0.25) is 10.0 Å². The Morgan fingerprint density at radius 3 is 2.67 bits per heavy atom. The number of hydrogen-bond acceptors (Lipinski definition) is 2. The van der Waals surface area contributed by atoms with E-state index in [1.54, 1.807) is 25.2 Å². The van der Waals surface area contributed by atoms with Crippen LogP contribution in [0.1, 0.15) is 0 Å². The maximum absolute atomic E-state index is 9.39. The van der Waals surface area contributed by atoms with Crippen molar-refractivity contribution in [2.45, 2.75) is 0 Å². The third kappa shape index (κ3) is 1.80. The number of nitrogens with zero attached hydrogens (tertiary/aromatic N) is 2. The van der Waals surface area contributed by atoms with Gasteiger partial charge in [0.05, 0.1) is 15.7 Å². The molecule has 0 aliphatic carbocycles. The van der Waals surface area contributed by atoms with Crippen LogP contribution in [0, 0.1) is 0 Å². The van der Waals surface area contributed by atoms with Crippen LogP contribution in [-0.4, -0.2) is 14.9 Å². The summed E-state index contributed by atoms with van der Waals surface area (Å²) in [6.07, 6.45) is 0. The van der Waals surface area contributed by atoms with Crippen molar-refractivity contribution in [3.05, 3.63) is 34.3 Å². The third-order valence-corrected chi connectivity index (χ3v) is 2.90. The Kier molecular flexibility index (Phi) is 2.59. The van der Waals surface area contributed by atoms with Crippen LogP contribution < -0.4 is 0 Å². The first-order valence-corrected chi connectivity index (χ1v) is 5.02. The highest BCUT2D eigenvalue weighted by Gasteiger charge is 2.11. The summed E-state index contributed by atoms with van der Waals surface area (Å²) in [5.74, 6) is 0.0843. The Labute approximate surface area is 96.9 Å². The molecule has 1 heterocycles. The predicted octanol–water partition coefficient (Wildman–Crippen LogP) is 3.10. The summed E-state index contributed by atoms with van der Waals surface area (Å²) in [7, 11) is 1.65. The fraction of sp³-hybridized carbons (Fsp3) is 0.100. The van der Waals surface area contributed by atoms with Gasteiger partial charge in [0.25, 0.3) is 0 Å². The summed E-state index contributed by atoms with van der Waals surface area (Å²) in [4.78, 5) is 0. The van der Waals surface area contributed by atoms with E-state index < -0.39 is 0 Å². The van der Waals surface area contributed by atoms with Gasteiger partial charge < -0.3 is 5.11 Å². The van der Waals surface area contributed by atoms with Crippen LogP contribution in [0.25, 0.3) is 11.3 Å². The molecule has 2 aromatic rings. The first-order valence-electron chi connectivity index (χ1n) is 4.27. The van der Waals surface area contributed by atoms with Crippen molar-refractivity contribution in [3.63, 3.8) is 0 Å². The van der Waals surface area contributed by atoms with Crippen molar-refractivity contribution in [3.8, 4) is 17.1 Å². The van der Waals surface area contributed by atoms with E-state index in [4.69, 9.17) is 23.2 Å². The van der Waals surface area contributed by atoms with E-state index in [0.29, 0.717) is 21.3 Å². The number of halogens is 2. The van der Waals surface area contributed by atoms with Gasteiger partial charge in [0.2, 0.25) is 5.88 Å². The highest BCUT2D eigenvalue weighted by atomic mass is 35.5. The van der Waals surface area contributed by atoms with E-state index in [9.17, 15) is 5.11 Å². The second kappa shape index (κ2) is 3.76. The molecule has 0 radical (unpaired) electrons. The fourth-order valence-electron chi connectivity index (χ4n) is 1.29. The lowest BCUT2D eigenvalue weighted by molar-refractivity contribution is 0.419. The van der Waals surface area contributed by atoms with Gasteiger partial charge in [0.1, 0.15) is 0 Å². The Morgan fingerprint density at radius 2 is 2.07 bits per heavy atom. The minimum absolute atomic E-state index is 0.0843. The van der Waals surface area contributed by atoms with Crippen LogP contribution >= 0.6 is 23.2 Å². The van der Waals surface area contributed by atoms with E-state index in [1.807, 2.05) is 0 Å². The monoisotopic (exact) mass is 242 g/mol. The molecule has 0 saturated carbocycles. The number of aryl methyl sites for hydroxylation is 1. The molecule has 0 saturated heterocycles. The topological polar surface area (TPSA) is 38.0 Å². The van der Waals surface area contributed by atoms with Crippen molar-refractivity contribution in [1.29, 1.82) is 0 Å². The SMILES string of the molecule is Cn1nc(-c2cccc(Cl)c2Cl)cc1O. The lowest BCUT2D eigenvalue weighted by atomic mass is 10.1. The fourth-order valence-corrected chi connectivity index (χ4v) is 1.69. The summed E-state index contributed by atoms with van der Waals surface area (Å²) in [6.45, 7) is 0. The first kappa shape index (κ1) is 10.3. The predicted molar refractivity (Wildman–Crippen MR) is 60.3 cm³/mol. The highest BCUT2D eigenvalue weighted by Crippen LogP contribution is 2.33. The third-order valence-electron chi connectivity index (χ3n) is 2.08. The zero-order valence-electron chi connectivity index (χ0n) is 7.91. The molecule has 1 aromatic carbocycles. The van der Waals surface area contributed by atoms with E-state index >= 15 is 0 Å². The standard InChI is InChI=1S/C10H8Cl2N2O/c1-14-9(15)5-8(13-14)6-3-2-4-7(11)10(6)12/h2-5,15H,1H3. The molecule has 0 unspecified atom stereocenters. The number of aromatic nitrogens is 2. The van der Waals surface area contributed by atoms with Crippen LogP contribution in [0.4, 0.5) is 0 Å². The van der Waals surface area contributed by atoms with Crippen molar-refractivity contribution in [1.82, 2.24) is 9.78 Å². The molecule has 0 aliphatic rings. The first-order chi connectivity index (χ1) is 7.09. The molecule has 1 aromatic heterocycles. The van der Waals surface area contributed by atoms with Gasteiger partial charge in [-0.3, -0.25) is 0 Å². The second-order valence-corrected chi connectivity index (χ2v) is 3.90. The molecule has 0 fully saturated rings. The summed E-state index contributed by atoms with van der Waals surface area (Å²) in [6, 6.07) is 6.83. The minimum atomic E-state index is 0.0843. The lowest BCUT2D eigenvalue weighted by Gasteiger charge is -2.01. The van der Waals surface area contributed by atoms with Crippen molar-refractivity contribution in [2.24, 2.45) is 7.05 Å². The summed E-state index contributed by atoms with van der Waals surface area (Å²) in [5, 5.41) is 14.4. The molecule has 0 spiro atoms. The van der Waals surface area contributed by atoms with E-state index in [1.165, 1.54) is 10.7 Å². The molecular formula is C10H8Cl2N2O. The van der Waals surface area contributed by atoms with Gasteiger partial charge in [-0.1, -0.05) is 35.3 Å². The van der Waals surface area contributed by atoms with Gasteiger partial charge in [-0.25, -0.2) is 4.68 Å². The molecule has 3 nitrogen and oxygen atoms in total. The van der Waals surface area contributed by atoms with E-state index in [0.717, 1.165) is 0 Å². The largest absolute Gasteiger partial charge is 0.493 e. The molecule has 5 heteroatoms. The molecule has 0 aliphatic heterocycles. The van der Waals surface area contributed by atoms with Crippen molar-refractivity contribution >= 4 is 23.2 Å². The molecule has 0 bridgehead atoms. The zero-order valence-corrected chi connectivity index (χ0v) is 9.42. The van der Waals surface area contributed by atoms with E-state index in [-0.39, 0.29) is 5.88 Å². The van der Waals surface area contributed by atoms with E-state index in [2.05, 4.69) is 5.10 Å². The molecule has 2 rings (SSSR count). The molecule has 15 heavy (non-hydrogen) atoms. The summed E-state index contributed by atoms with van der Waals surface area (Å²) < 4.78 is 1.37. The number of rotatable bonds is 1. The Bertz CT molecular complexity index is 489. The second-order valence-electron chi connectivity index (χ2n) is 3.11. The van der Waals surface area contributed by atoms with Crippen molar-refractivity contribution < 1.29 is 5.11 Å². The maximum Gasteiger partial charge on any atom is 0.209 e. The van der Waals surface area contributed by atoms with Crippen LogP contribution in [-0.2, 0) is 7.05 Å².